The van der Waals surface area contributed by atoms with Gasteiger partial charge in [0.1, 0.15) is 11.5 Å². The van der Waals surface area contributed by atoms with Crippen LogP contribution in [-0.4, -0.2) is 0 Å². The summed E-state index contributed by atoms with van der Waals surface area (Å²) in [6.45, 7) is 3.75. The monoisotopic (exact) mass is 279 g/mol. The van der Waals surface area contributed by atoms with Crippen molar-refractivity contribution < 1.29 is 17.9 Å². The summed E-state index contributed by atoms with van der Waals surface area (Å²) in [7, 11) is 0. The van der Waals surface area contributed by atoms with E-state index in [1.807, 2.05) is 12.1 Å². The van der Waals surface area contributed by atoms with Crippen molar-refractivity contribution >= 4 is 0 Å². The lowest BCUT2D eigenvalue weighted by molar-refractivity contribution is -0.138. The maximum absolute atomic E-state index is 12.8. The highest BCUT2D eigenvalue weighted by Gasteiger charge is 2.34. The van der Waals surface area contributed by atoms with Crippen LogP contribution in [0.3, 0.4) is 0 Å². The van der Waals surface area contributed by atoms with E-state index < -0.39 is 11.7 Å². The van der Waals surface area contributed by atoms with Gasteiger partial charge in [-0.2, -0.15) is 13.2 Å². The van der Waals surface area contributed by atoms with Gasteiger partial charge in [-0.3, -0.25) is 0 Å². The first-order valence-corrected chi connectivity index (χ1v) is 6.23. The van der Waals surface area contributed by atoms with E-state index in [1.165, 1.54) is 18.2 Å². The van der Waals surface area contributed by atoms with Crippen LogP contribution in [0.15, 0.2) is 48.5 Å². The molecular weight excluding hydrogens is 265 g/mol. The molecule has 105 valence electrons. The molecular formula is C16H14F3O. The number of hydrogen-bond donors (Lipinski definition) is 0. The van der Waals surface area contributed by atoms with E-state index >= 15 is 0 Å². The van der Waals surface area contributed by atoms with Gasteiger partial charge < -0.3 is 4.74 Å². The fourth-order valence-electron chi connectivity index (χ4n) is 1.85. The highest BCUT2D eigenvalue weighted by Crippen LogP contribution is 2.37. The summed E-state index contributed by atoms with van der Waals surface area (Å²) in [6, 6.07) is 12.2. The molecule has 1 radical (unpaired) electrons. The molecule has 0 saturated heterocycles. The van der Waals surface area contributed by atoms with Gasteiger partial charge in [-0.05, 0) is 42.7 Å². The van der Waals surface area contributed by atoms with Crippen molar-refractivity contribution in [3.8, 4) is 11.5 Å². The molecule has 4 heteroatoms. The SMILES string of the molecule is [CH2]CCc1ccc(Oc2ccccc2C(F)(F)F)cc1. The first-order chi connectivity index (χ1) is 9.50. The van der Waals surface area contributed by atoms with E-state index in [0.717, 1.165) is 24.5 Å². The molecule has 0 atom stereocenters. The molecule has 0 heterocycles. The molecule has 0 N–H and O–H groups in total. The third-order valence-corrected chi connectivity index (χ3v) is 2.81. The molecule has 20 heavy (non-hydrogen) atoms. The van der Waals surface area contributed by atoms with Crippen LogP contribution >= 0.6 is 0 Å². The minimum Gasteiger partial charge on any atom is -0.457 e. The summed E-state index contributed by atoms with van der Waals surface area (Å²) in [6.07, 6.45) is -2.82. The molecule has 0 saturated carbocycles. The van der Waals surface area contributed by atoms with Gasteiger partial charge >= 0.3 is 6.18 Å². The van der Waals surface area contributed by atoms with Crippen LogP contribution in [-0.2, 0) is 12.6 Å². The summed E-state index contributed by atoms with van der Waals surface area (Å²) >= 11 is 0. The second-order valence-corrected chi connectivity index (χ2v) is 4.34. The minimum atomic E-state index is -4.43. The van der Waals surface area contributed by atoms with Gasteiger partial charge in [-0.15, -0.1) is 0 Å². The van der Waals surface area contributed by atoms with Gasteiger partial charge in [0, 0.05) is 0 Å². The molecule has 2 rings (SSSR count). The number of rotatable bonds is 4. The number of halogens is 3. The molecule has 0 bridgehead atoms. The van der Waals surface area contributed by atoms with E-state index in [0.29, 0.717) is 5.75 Å². The summed E-state index contributed by atoms with van der Waals surface area (Å²) in [5.74, 6) is 0.194. The third-order valence-electron chi connectivity index (χ3n) is 2.81. The van der Waals surface area contributed by atoms with Crippen LogP contribution in [0.2, 0.25) is 0 Å². The summed E-state index contributed by atoms with van der Waals surface area (Å²) in [5.41, 5.74) is 0.304. The second-order valence-electron chi connectivity index (χ2n) is 4.34. The van der Waals surface area contributed by atoms with Gasteiger partial charge in [0.2, 0.25) is 0 Å². The van der Waals surface area contributed by atoms with Crippen LogP contribution in [0.5, 0.6) is 11.5 Å². The van der Waals surface area contributed by atoms with Gasteiger partial charge in [0.05, 0.1) is 5.56 Å². The zero-order chi connectivity index (χ0) is 14.6. The number of alkyl halides is 3. The predicted molar refractivity (Wildman–Crippen MR) is 71.6 cm³/mol. The molecule has 0 amide bonds. The van der Waals surface area contributed by atoms with Crippen LogP contribution in [0.1, 0.15) is 17.5 Å². The smallest absolute Gasteiger partial charge is 0.419 e. The fraction of sp³-hybridized carbons (Fsp3) is 0.188. The van der Waals surface area contributed by atoms with Crippen molar-refractivity contribution in [2.75, 3.05) is 0 Å². The quantitative estimate of drug-likeness (QED) is 0.741. The fourth-order valence-corrected chi connectivity index (χ4v) is 1.85. The van der Waals surface area contributed by atoms with Crippen LogP contribution in [0.4, 0.5) is 13.2 Å². The van der Waals surface area contributed by atoms with Crippen LogP contribution in [0, 0.1) is 6.92 Å². The largest absolute Gasteiger partial charge is 0.457 e. The van der Waals surface area contributed by atoms with Gasteiger partial charge in [-0.25, -0.2) is 0 Å². The lowest BCUT2D eigenvalue weighted by Crippen LogP contribution is -2.06. The first-order valence-electron chi connectivity index (χ1n) is 6.23. The second kappa shape index (κ2) is 5.99. The Morgan fingerprint density at radius 3 is 2.20 bits per heavy atom. The summed E-state index contributed by atoms with van der Waals surface area (Å²) < 4.78 is 43.8. The van der Waals surface area contributed by atoms with Crippen molar-refractivity contribution in [3.05, 3.63) is 66.6 Å². The van der Waals surface area contributed by atoms with Gasteiger partial charge in [0.15, 0.2) is 0 Å². The maximum Gasteiger partial charge on any atom is 0.419 e. The van der Waals surface area contributed by atoms with Gasteiger partial charge in [0.25, 0.3) is 0 Å². The molecule has 0 unspecified atom stereocenters. The molecule has 0 aliphatic rings. The lowest BCUT2D eigenvalue weighted by atomic mass is 10.1. The van der Waals surface area contributed by atoms with Gasteiger partial charge in [-0.1, -0.05) is 31.2 Å². The van der Waals surface area contributed by atoms with Crippen LogP contribution in [0.25, 0.3) is 0 Å². The summed E-state index contributed by atoms with van der Waals surface area (Å²) in [5, 5.41) is 0. The number of para-hydroxylation sites is 1. The molecule has 2 aromatic carbocycles. The van der Waals surface area contributed by atoms with Crippen molar-refractivity contribution in [1.29, 1.82) is 0 Å². The Morgan fingerprint density at radius 1 is 0.950 bits per heavy atom. The zero-order valence-electron chi connectivity index (χ0n) is 10.8. The molecule has 0 fully saturated rings. The topological polar surface area (TPSA) is 9.23 Å². The number of aryl methyl sites for hydroxylation is 1. The third kappa shape index (κ3) is 3.53. The number of benzene rings is 2. The Labute approximate surface area is 116 Å². The Bertz CT molecular complexity index is 559. The zero-order valence-corrected chi connectivity index (χ0v) is 10.8. The molecule has 0 spiro atoms. The Balaban J connectivity index is 2.22. The number of hydrogen-bond acceptors (Lipinski definition) is 1. The standard InChI is InChI=1S/C16H14F3O/c1-2-5-12-8-10-13(11-9-12)20-15-7-4-3-6-14(15)16(17,18)19/h3-4,6-11H,1-2,5H2. The van der Waals surface area contributed by atoms with Crippen molar-refractivity contribution in [3.63, 3.8) is 0 Å². The molecule has 2 aromatic rings. The van der Waals surface area contributed by atoms with E-state index in [-0.39, 0.29) is 5.75 Å². The molecule has 1 nitrogen and oxygen atoms in total. The normalized spacial score (nSPS) is 11.4. The van der Waals surface area contributed by atoms with Crippen LogP contribution < -0.4 is 4.74 Å². The average Bonchev–Trinajstić information content (AvgIpc) is 2.41. The first kappa shape index (κ1) is 14.4. The minimum absolute atomic E-state index is 0.190. The van der Waals surface area contributed by atoms with E-state index in [9.17, 15) is 13.2 Å². The van der Waals surface area contributed by atoms with Crippen molar-refractivity contribution in [1.82, 2.24) is 0 Å². The van der Waals surface area contributed by atoms with E-state index in [1.54, 1.807) is 12.1 Å². The molecule has 0 aromatic heterocycles. The summed E-state index contributed by atoms with van der Waals surface area (Å²) in [4.78, 5) is 0. The average molecular weight is 279 g/mol. The Kier molecular flexibility index (Phi) is 4.32. The van der Waals surface area contributed by atoms with E-state index in [4.69, 9.17) is 4.74 Å². The highest BCUT2D eigenvalue weighted by atomic mass is 19.4. The lowest BCUT2D eigenvalue weighted by Gasteiger charge is -2.13. The molecule has 0 aliphatic heterocycles. The van der Waals surface area contributed by atoms with E-state index in [2.05, 4.69) is 6.92 Å². The Hall–Kier alpha value is -1.97. The molecule has 0 aliphatic carbocycles. The van der Waals surface area contributed by atoms with Crippen molar-refractivity contribution in [2.45, 2.75) is 19.0 Å². The number of ether oxygens (including phenoxy) is 1. The predicted octanol–water partition coefficient (Wildman–Crippen LogP) is 5.26. The Morgan fingerprint density at radius 2 is 1.60 bits per heavy atom. The maximum atomic E-state index is 12.8. The highest BCUT2D eigenvalue weighted by molar-refractivity contribution is 5.40. The van der Waals surface area contributed by atoms with Crippen molar-refractivity contribution in [2.24, 2.45) is 0 Å².